The Morgan fingerprint density at radius 3 is 2.81 bits per heavy atom. The number of hydrogen-bond acceptors (Lipinski definition) is 3. The van der Waals surface area contributed by atoms with Crippen LogP contribution in [-0.2, 0) is 14.3 Å². The molecular weight excluding hydrogens is 210 g/mol. The molecule has 0 spiro atoms. The second-order valence-corrected chi connectivity index (χ2v) is 4.00. The lowest BCUT2D eigenvalue weighted by atomic mass is 10.0. The third kappa shape index (κ3) is 3.81. The number of rotatable bonds is 6. The summed E-state index contributed by atoms with van der Waals surface area (Å²) in [4.78, 5) is 22.3. The van der Waals surface area contributed by atoms with Gasteiger partial charge < -0.3 is 15.2 Å². The van der Waals surface area contributed by atoms with Crippen LogP contribution in [-0.4, -0.2) is 36.2 Å². The minimum absolute atomic E-state index is 0.119. The van der Waals surface area contributed by atoms with Crippen LogP contribution >= 0.6 is 0 Å². The number of nitrogens with one attached hydrogen (secondary N) is 1. The quantitative estimate of drug-likeness (QED) is 0.660. The number of carbonyl (C=O) groups is 2. The maximum absolute atomic E-state index is 11.5. The van der Waals surface area contributed by atoms with E-state index in [1.54, 1.807) is 0 Å². The third-order valence-electron chi connectivity index (χ3n) is 2.86. The highest BCUT2D eigenvalue weighted by atomic mass is 16.5. The summed E-state index contributed by atoms with van der Waals surface area (Å²) < 4.78 is 5.07. The van der Waals surface area contributed by atoms with Gasteiger partial charge in [0.2, 0.25) is 5.91 Å². The summed E-state index contributed by atoms with van der Waals surface area (Å²) in [6.45, 7) is 2.86. The summed E-state index contributed by atoms with van der Waals surface area (Å²) in [7, 11) is 0. The van der Waals surface area contributed by atoms with E-state index >= 15 is 0 Å². The lowest BCUT2D eigenvalue weighted by Gasteiger charge is -2.17. The molecule has 0 aromatic rings. The molecule has 1 amide bonds. The molecule has 0 radical (unpaired) electrons. The van der Waals surface area contributed by atoms with Crippen LogP contribution in [0.1, 0.15) is 32.6 Å². The Morgan fingerprint density at radius 1 is 1.44 bits per heavy atom. The first-order valence-corrected chi connectivity index (χ1v) is 5.75. The number of aliphatic carboxylic acids is 1. The molecule has 1 fully saturated rings. The number of hydrogen-bond donors (Lipinski definition) is 2. The van der Waals surface area contributed by atoms with Crippen molar-refractivity contribution in [3.8, 4) is 0 Å². The van der Waals surface area contributed by atoms with Gasteiger partial charge in [-0.3, -0.25) is 9.59 Å². The molecule has 5 nitrogen and oxygen atoms in total. The van der Waals surface area contributed by atoms with E-state index in [1.807, 2.05) is 6.92 Å². The van der Waals surface area contributed by atoms with Crippen molar-refractivity contribution in [1.29, 1.82) is 0 Å². The molecule has 0 unspecified atom stereocenters. The van der Waals surface area contributed by atoms with Crippen molar-refractivity contribution in [3.05, 3.63) is 0 Å². The van der Waals surface area contributed by atoms with Gasteiger partial charge in [-0.2, -0.15) is 0 Å². The highest BCUT2D eigenvalue weighted by Gasteiger charge is 2.33. The molecule has 0 aromatic heterocycles. The molecule has 0 bridgehead atoms. The van der Waals surface area contributed by atoms with Gasteiger partial charge in [0.15, 0.2) is 0 Å². The van der Waals surface area contributed by atoms with Crippen molar-refractivity contribution in [1.82, 2.24) is 5.32 Å². The van der Waals surface area contributed by atoms with Gasteiger partial charge in [-0.05, 0) is 19.8 Å². The highest BCUT2D eigenvalue weighted by molar-refractivity contribution is 5.78. The zero-order valence-corrected chi connectivity index (χ0v) is 9.57. The summed E-state index contributed by atoms with van der Waals surface area (Å²) in [5, 5.41) is 11.7. The van der Waals surface area contributed by atoms with E-state index < -0.39 is 11.9 Å². The lowest BCUT2D eigenvalue weighted by molar-refractivity contribution is -0.142. The smallest absolute Gasteiger partial charge is 0.308 e. The Bertz CT molecular complexity index is 254. The number of carboxylic acids is 1. The molecule has 5 heteroatoms. The minimum Gasteiger partial charge on any atom is -0.481 e. The fraction of sp³-hybridized carbons (Fsp3) is 0.818. The number of ether oxygens (including phenoxy) is 1. The van der Waals surface area contributed by atoms with Gasteiger partial charge in [0.05, 0.1) is 12.5 Å². The molecule has 1 aliphatic rings. The molecule has 1 rings (SSSR count). The second kappa shape index (κ2) is 6.48. The van der Waals surface area contributed by atoms with Crippen LogP contribution < -0.4 is 5.32 Å². The highest BCUT2D eigenvalue weighted by Crippen LogP contribution is 2.25. The summed E-state index contributed by atoms with van der Waals surface area (Å²) in [6, 6.07) is -0.202. The van der Waals surface area contributed by atoms with Crippen LogP contribution in [0.5, 0.6) is 0 Å². The van der Waals surface area contributed by atoms with Crippen molar-refractivity contribution in [3.63, 3.8) is 0 Å². The van der Waals surface area contributed by atoms with E-state index in [4.69, 9.17) is 9.84 Å². The Hall–Kier alpha value is -1.10. The van der Waals surface area contributed by atoms with Gasteiger partial charge in [0, 0.05) is 19.1 Å². The van der Waals surface area contributed by atoms with Gasteiger partial charge in [-0.1, -0.05) is 6.42 Å². The van der Waals surface area contributed by atoms with Crippen LogP contribution in [0.4, 0.5) is 0 Å². The van der Waals surface area contributed by atoms with Crippen molar-refractivity contribution in [2.24, 2.45) is 5.92 Å². The Balaban J connectivity index is 2.30. The first kappa shape index (κ1) is 13.0. The maximum Gasteiger partial charge on any atom is 0.308 e. The van der Waals surface area contributed by atoms with E-state index in [-0.39, 0.29) is 11.9 Å². The maximum atomic E-state index is 11.5. The van der Waals surface area contributed by atoms with Crippen molar-refractivity contribution < 1.29 is 19.4 Å². The van der Waals surface area contributed by atoms with Gasteiger partial charge in [-0.25, -0.2) is 0 Å². The summed E-state index contributed by atoms with van der Waals surface area (Å²) in [5.74, 6) is -1.35. The van der Waals surface area contributed by atoms with Gasteiger partial charge in [-0.15, -0.1) is 0 Å². The molecular formula is C11H19NO4. The van der Waals surface area contributed by atoms with Crippen LogP contribution in [0.2, 0.25) is 0 Å². The third-order valence-corrected chi connectivity index (χ3v) is 2.86. The van der Waals surface area contributed by atoms with Crippen LogP contribution in [0.25, 0.3) is 0 Å². The van der Waals surface area contributed by atoms with Crippen molar-refractivity contribution >= 4 is 11.9 Å². The van der Waals surface area contributed by atoms with Crippen LogP contribution in [0.15, 0.2) is 0 Å². The number of carbonyl (C=O) groups excluding carboxylic acids is 1. The van der Waals surface area contributed by atoms with Crippen molar-refractivity contribution in [2.45, 2.75) is 38.6 Å². The summed E-state index contributed by atoms with van der Waals surface area (Å²) in [5.41, 5.74) is 0. The molecule has 1 aliphatic carbocycles. The average Bonchev–Trinajstić information content (AvgIpc) is 2.66. The van der Waals surface area contributed by atoms with Crippen LogP contribution in [0, 0.1) is 5.92 Å². The first-order chi connectivity index (χ1) is 7.65. The van der Waals surface area contributed by atoms with E-state index in [2.05, 4.69) is 5.32 Å². The lowest BCUT2D eigenvalue weighted by Crippen LogP contribution is -2.40. The Morgan fingerprint density at radius 2 is 2.19 bits per heavy atom. The fourth-order valence-corrected chi connectivity index (χ4v) is 2.02. The predicted octanol–water partition coefficient (Wildman–Crippen LogP) is 0.782. The molecule has 2 N–H and O–H groups in total. The average molecular weight is 229 g/mol. The molecule has 0 saturated heterocycles. The minimum atomic E-state index is -0.812. The zero-order chi connectivity index (χ0) is 12.0. The number of amides is 1. The van der Waals surface area contributed by atoms with E-state index in [0.29, 0.717) is 26.1 Å². The monoisotopic (exact) mass is 229 g/mol. The van der Waals surface area contributed by atoms with E-state index in [9.17, 15) is 9.59 Å². The Kier molecular flexibility index (Phi) is 5.25. The molecule has 0 aliphatic heterocycles. The molecule has 0 heterocycles. The van der Waals surface area contributed by atoms with Gasteiger partial charge in [0.1, 0.15) is 0 Å². The molecule has 0 aromatic carbocycles. The molecule has 16 heavy (non-hydrogen) atoms. The molecule has 2 atom stereocenters. The Labute approximate surface area is 95.2 Å². The topological polar surface area (TPSA) is 75.6 Å². The van der Waals surface area contributed by atoms with Gasteiger partial charge >= 0.3 is 5.97 Å². The van der Waals surface area contributed by atoms with E-state index in [0.717, 1.165) is 12.8 Å². The zero-order valence-electron chi connectivity index (χ0n) is 9.57. The molecule has 92 valence electrons. The fourth-order valence-electron chi connectivity index (χ4n) is 2.02. The van der Waals surface area contributed by atoms with Gasteiger partial charge in [0.25, 0.3) is 0 Å². The summed E-state index contributed by atoms with van der Waals surface area (Å²) in [6.07, 6.45) is 2.59. The number of carboxylic acid groups (broad SMARTS) is 1. The second-order valence-electron chi connectivity index (χ2n) is 4.00. The first-order valence-electron chi connectivity index (χ1n) is 5.75. The normalized spacial score (nSPS) is 24.3. The van der Waals surface area contributed by atoms with Crippen molar-refractivity contribution in [2.75, 3.05) is 13.2 Å². The molecule has 1 saturated carbocycles. The predicted molar refractivity (Wildman–Crippen MR) is 58.0 cm³/mol. The standard InChI is InChI=1S/C11H19NO4/c1-2-16-7-6-10(13)12-9-5-3-4-8(9)11(14)15/h8-9H,2-7H2,1H3,(H,12,13)(H,14,15)/t8-,9+/m0/s1. The SMILES string of the molecule is CCOCCC(=O)N[C@@H]1CCC[C@@H]1C(=O)O. The summed E-state index contributed by atoms with van der Waals surface area (Å²) >= 11 is 0. The largest absolute Gasteiger partial charge is 0.481 e. The van der Waals surface area contributed by atoms with Crippen LogP contribution in [0.3, 0.4) is 0 Å². The van der Waals surface area contributed by atoms with E-state index in [1.165, 1.54) is 0 Å².